The van der Waals surface area contributed by atoms with E-state index in [0.29, 0.717) is 10.2 Å². The molecule has 0 fully saturated rings. The number of hydrogen-bond acceptors (Lipinski definition) is 4. The van der Waals surface area contributed by atoms with Crippen molar-refractivity contribution in [2.45, 2.75) is 17.4 Å². The van der Waals surface area contributed by atoms with E-state index in [0.717, 1.165) is 12.4 Å². The smallest absolute Gasteiger partial charge is 0.333 e. The van der Waals surface area contributed by atoms with Crippen molar-refractivity contribution in [2.24, 2.45) is 10.9 Å². The highest BCUT2D eigenvalue weighted by Crippen LogP contribution is 2.35. The molecule has 0 radical (unpaired) electrons. The maximum atomic E-state index is 12.8. The molecule has 0 saturated carbocycles. The van der Waals surface area contributed by atoms with E-state index in [1.165, 1.54) is 18.2 Å². The van der Waals surface area contributed by atoms with Gasteiger partial charge >= 0.3 is 6.55 Å². The molecule has 3 rings (SSSR count). The second-order valence-corrected chi connectivity index (χ2v) is 8.08. The number of primary sulfonamides is 1. The van der Waals surface area contributed by atoms with Crippen LogP contribution in [-0.4, -0.2) is 24.1 Å². The average molecular weight is 441 g/mol. The number of carbonyl (C=O) groups excluding carboxylic acids is 1. The Bertz CT molecular complexity index is 1180. The van der Waals surface area contributed by atoms with Crippen molar-refractivity contribution in [1.29, 1.82) is 0 Å². The number of hydrogen-bond donors (Lipinski definition) is 2. The predicted molar refractivity (Wildman–Crippen MR) is 103 cm³/mol. The van der Waals surface area contributed by atoms with Crippen molar-refractivity contribution < 1.29 is 22.0 Å². The highest BCUT2D eigenvalue weighted by atomic mass is 35.5. The molecular formula is C18H15ClF2N4O3S. The molecule has 29 heavy (non-hydrogen) atoms. The summed E-state index contributed by atoms with van der Waals surface area (Å²) >= 11 is 6.17. The van der Waals surface area contributed by atoms with Crippen molar-refractivity contribution in [3.8, 4) is 11.1 Å². The van der Waals surface area contributed by atoms with Crippen LogP contribution < -0.4 is 10.9 Å². The van der Waals surface area contributed by atoms with Crippen molar-refractivity contribution in [2.75, 3.05) is 0 Å². The van der Waals surface area contributed by atoms with Gasteiger partial charge in [0.2, 0.25) is 15.9 Å². The SMILES string of the molecule is NC(=O)C(c1ccc(-c2cnn(C(F)F)c2)c(S(N)(=O)=O)c1)c1ccccc1Cl. The van der Waals surface area contributed by atoms with E-state index in [1.54, 1.807) is 24.3 Å². The molecule has 4 N–H and O–H groups in total. The van der Waals surface area contributed by atoms with Crippen LogP contribution in [0.4, 0.5) is 8.78 Å². The number of nitrogens with two attached hydrogens (primary N) is 2. The lowest BCUT2D eigenvalue weighted by atomic mass is 9.89. The van der Waals surface area contributed by atoms with Crippen LogP contribution in [-0.2, 0) is 14.8 Å². The quantitative estimate of drug-likeness (QED) is 0.612. The molecule has 3 aromatic rings. The predicted octanol–water partition coefficient (Wildman–Crippen LogP) is 2.86. The maximum absolute atomic E-state index is 12.8. The molecule has 0 saturated heterocycles. The number of primary amides is 1. The fourth-order valence-electron chi connectivity index (χ4n) is 2.98. The van der Waals surface area contributed by atoms with Gasteiger partial charge in [0.1, 0.15) is 0 Å². The molecule has 2 aromatic carbocycles. The summed E-state index contributed by atoms with van der Waals surface area (Å²) < 4.78 is 50.4. The first-order valence-electron chi connectivity index (χ1n) is 8.12. The number of aromatic nitrogens is 2. The Kier molecular flexibility index (Phi) is 5.69. The summed E-state index contributed by atoms with van der Waals surface area (Å²) in [5.74, 6) is -1.79. The van der Waals surface area contributed by atoms with E-state index in [1.807, 2.05) is 0 Å². The zero-order valence-corrected chi connectivity index (χ0v) is 16.2. The van der Waals surface area contributed by atoms with Gasteiger partial charge in [-0.25, -0.2) is 18.2 Å². The monoisotopic (exact) mass is 440 g/mol. The summed E-state index contributed by atoms with van der Waals surface area (Å²) in [4.78, 5) is 11.8. The van der Waals surface area contributed by atoms with Gasteiger partial charge in [0.25, 0.3) is 0 Å². The number of sulfonamides is 1. The third kappa shape index (κ3) is 4.29. The lowest BCUT2D eigenvalue weighted by molar-refractivity contribution is -0.118. The molecule has 0 bridgehead atoms. The van der Waals surface area contributed by atoms with E-state index in [2.05, 4.69) is 5.10 Å². The molecule has 0 aliphatic carbocycles. The highest BCUT2D eigenvalue weighted by Gasteiger charge is 2.26. The van der Waals surface area contributed by atoms with Gasteiger partial charge in [-0.1, -0.05) is 41.9 Å². The summed E-state index contributed by atoms with van der Waals surface area (Å²) in [5.41, 5.74) is 6.34. The zero-order chi connectivity index (χ0) is 21.3. The second-order valence-electron chi connectivity index (χ2n) is 6.14. The van der Waals surface area contributed by atoms with E-state index >= 15 is 0 Å². The molecule has 152 valence electrons. The number of carbonyl (C=O) groups is 1. The van der Waals surface area contributed by atoms with Crippen LogP contribution in [0.1, 0.15) is 23.6 Å². The van der Waals surface area contributed by atoms with Crippen molar-refractivity contribution in [1.82, 2.24) is 9.78 Å². The largest absolute Gasteiger partial charge is 0.369 e. The van der Waals surface area contributed by atoms with Crippen LogP contribution in [0.25, 0.3) is 11.1 Å². The first-order chi connectivity index (χ1) is 13.6. The minimum absolute atomic E-state index is 0.0607. The van der Waals surface area contributed by atoms with E-state index < -0.39 is 28.4 Å². The Morgan fingerprint density at radius 3 is 2.41 bits per heavy atom. The second kappa shape index (κ2) is 7.90. The van der Waals surface area contributed by atoms with Gasteiger partial charge in [-0.3, -0.25) is 4.79 Å². The average Bonchev–Trinajstić information content (AvgIpc) is 3.13. The maximum Gasteiger partial charge on any atom is 0.333 e. The van der Waals surface area contributed by atoms with Gasteiger partial charge in [0.15, 0.2) is 0 Å². The van der Waals surface area contributed by atoms with Gasteiger partial charge in [0.05, 0.1) is 17.0 Å². The minimum atomic E-state index is -4.28. The molecule has 7 nitrogen and oxygen atoms in total. The Labute approximate surface area is 169 Å². The number of benzene rings is 2. The van der Waals surface area contributed by atoms with Crippen LogP contribution in [0.15, 0.2) is 59.8 Å². The Morgan fingerprint density at radius 1 is 1.17 bits per heavy atom. The molecule has 0 aliphatic heterocycles. The van der Waals surface area contributed by atoms with Crippen molar-refractivity contribution in [3.63, 3.8) is 0 Å². The number of alkyl halides is 2. The first kappa shape index (κ1) is 20.9. The summed E-state index contributed by atoms with van der Waals surface area (Å²) in [6.45, 7) is -2.89. The van der Waals surface area contributed by atoms with Gasteiger partial charge in [-0.15, -0.1) is 0 Å². The lowest BCUT2D eigenvalue weighted by Gasteiger charge is -2.18. The molecule has 11 heteroatoms. The molecule has 0 spiro atoms. The van der Waals surface area contributed by atoms with Crippen LogP contribution in [0.3, 0.4) is 0 Å². The molecule has 1 amide bonds. The summed E-state index contributed by atoms with van der Waals surface area (Å²) in [6.07, 6.45) is 2.09. The van der Waals surface area contributed by atoms with Crippen molar-refractivity contribution in [3.05, 3.63) is 71.0 Å². The van der Waals surface area contributed by atoms with Crippen LogP contribution >= 0.6 is 11.6 Å². The van der Waals surface area contributed by atoms with E-state index in [4.69, 9.17) is 22.5 Å². The van der Waals surface area contributed by atoms with E-state index in [-0.39, 0.29) is 26.6 Å². The number of rotatable bonds is 6. The van der Waals surface area contributed by atoms with Crippen LogP contribution in [0, 0.1) is 0 Å². The number of amides is 1. The third-order valence-electron chi connectivity index (χ3n) is 4.26. The minimum Gasteiger partial charge on any atom is -0.369 e. The normalized spacial score (nSPS) is 12.9. The third-order valence-corrected chi connectivity index (χ3v) is 5.55. The molecule has 1 aromatic heterocycles. The molecule has 1 atom stereocenters. The Morgan fingerprint density at radius 2 is 1.86 bits per heavy atom. The van der Waals surface area contributed by atoms with E-state index in [9.17, 15) is 22.0 Å². The fraction of sp³-hybridized carbons (Fsp3) is 0.111. The van der Waals surface area contributed by atoms with Crippen LogP contribution in [0.2, 0.25) is 5.02 Å². The topological polar surface area (TPSA) is 121 Å². The first-order valence-corrected chi connectivity index (χ1v) is 10.0. The van der Waals surface area contributed by atoms with Gasteiger partial charge < -0.3 is 5.73 Å². The van der Waals surface area contributed by atoms with Crippen LogP contribution in [0.5, 0.6) is 0 Å². The summed E-state index contributed by atoms with van der Waals surface area (Å²) in [5, 5.41) is 9.10. The molecule has 1 unspecified atom stereocenters. The number of halogens is 3. The Hall–Kier alpha value is -2.82. The molecular weight excluding hydrogens is 426 g/mol. The van der Waals surface area contributed by atoms with Gasteiger partial charge in [-0.2, -0.15) is 13.9 Å². The zero-order valence-electron chi connectivity index (χ0n) is 14.7. The standard InChI is InChI=1S/C18H15ClF2N4O3S/c19-14-4-2-1-3-13(14)16(17(22)26)10-5-6-12(15(7-10)29(23,27)28)11-8-24-25(9-11)18(20)21/h1-9,16,18H,(H2,22,26)(H2,23,27,28). The molecule has 1 heterocycles. The Balaban J connectivity index is 2.19. The summed E-state index contributed by atoms with van der Waals surface area (Å²) in [6, 6.07) is 10.5. The van der Waals surface area contributed by atoms with Gasteiger partial charge in [0, 0.05) is 22.3 Å². The summed E-state index contributed by atoms with van der Waals surface area (Å²) in [7, 11) is -4.28. The highest BCUT2D eigenvalue weighted by molar-refractivity contribution is 7.89. The fourth-order valence-corrected chi connectivity index (χ4v) is 4.02. The lowest BCUT2D eigenvalue weighted by Crippen LogP contribution is -2.23. The number of nitrogens with zero attached hydrogens (tertiary/aromatic N) is 2. The van der Waals surface area contributed by atoms with Crippen molar-refractivity contribution >= 4 is 27.5 Å². The molecule has 0 aliphatic rings. The van der Waals surface area contributed by atoms with Gasteiger partial charge in [-0.05, 0) is 23.3 Å².